The molecular weight excluding hydrogens is 361 g/mol. The van der Waals surface area contributed by atoms with Gasteiger partial charge >= 0.3 is 0 Å². The van der Waals surface area contributed by atoms with Crippen LogP contribution in [0.3, 0.4) is 0 Å². The van der Waals surface area contributed by atoms with Gasteiger partial charge in [0.1, 0.15) is 5.82 Å². The van der Waals surface area contributed by atoms with Crippen molar-refractivity contribution in [1.29, 1.82) is 0 Å². The number of aliphatic hydroxyl groups is 1. The number of allylic oxidation sites excluding steroid dienone is 1. The van der Waals surface area contributed by atoms with Crippen LogP contribution in [0, 0.1) is 5.82 Å². The van der Waals surface area contributed by atoms with E-state index in [1.54, 1.807) is 30.3 Å². The van der Waals surface area contributed by atoms with Crippen molar-refractivity contribution in [2.24, 2.45) is 0 Å². The molecule has 0 bridgehead atoms. The van der Waals surface area contributed by atoms with E-state index in [-0.39, 0.29) is 30.0 Å². The van der Waals surface area contributed by atoms with Crippen LogP contribution in [0.2, 0.25) is 0 Å². The summed E-state index contributed by atoms with van der Waals surface area (Å²) in [5.41, 5.74) is 1.56. The fourth-order valence-corrected chi connectivity index (χ4v) is 3.00. The number of nitrogens with one attached hydrogen (secondary N) is 1. The van der Waals surface area contributed by atoms with Gasteiger partial charge in [0, 0.05) is 24.6 Å². The van der Waals surface area contributed by atoms with E-state index in [0.717, 1.165) is 5.56 Å². The highest BCUT2D eigenvalue weighted by Crippen LogP contribution is 2.32. The molecule has 0 radical (unpaired) electrons. The van der Waals surface area contributed by atoms with E-state index in [2.05, 4.69) is 5.32 Å². The number of rotatable bonds is 8. The van der Waals surface area contributed by atoms with E-state index in [1.807, 2.05) is 18.2 Å². The van der Waals surface area contributed by atoms with E-state index >= 15 is 0 Å². The number of benzene rings is 2. The molecule has 0 aliphatic carbocycles. The Morgan fingerprint density at radius 3 is 2.61 bits per heavy atom. The second-order valence-electron chi connectivity index (χ2n) is 6.59. The lowest BCUT2D eigenvalue weighted by molar-refractivity contribution is -0.143. The summed E-state index contributed by atoms with van der Waals surface area (Å²) in [6.07, 6.45) is 3.03. The van der Waals surface area contributed by atoms with E-state index in [1.165, 1.54) is 12.1 Å². The number of halogens is 1. The number of carbonyl (C=O) groups is 1. The van der Waals surface area contributed by atoms with Gasteiger partial charge in [-0.1, -0.05) is 30.3 Å². The summed E-state index contributed by atoms with van der Waals surface area (Å²) in [6.45, 7) is 0.534. The molecule has 0 aromatic heterocycles. The summed E-state index contributed by atoms with van der Waals surface area (Å²) in [5.74, 6) is -0.620. The van der Waals surface area contributed by atoms with E-state index in [9.17, 15) is 9.18 Å². The van der Waals surface area contributed by atoms with Crippen molar-refractivity contribution in [2.75, 3.05) is 18.5 Å². The Labute approximate surface area is 163 Å². The Kier molecular flexibility index (Phi) is 7.17. The fourth-order valence-electron chi connectivity index (χ4n) is 3.00. The third-order valence-electron chi connectivity index (χ3n) is 4.47. The van der Waals surface area contributed by atoms with Gasteiger partial charge in [0.2, 0.25) is 6.29 Å². The van der Waals surface area contributed by atoms with E-state index < -0.39 is 6.29 Å². The molecule has 2 aromatic rings. The molecule has 2 atom stereocenters. The number of carbonyl (C=O) groups excluding carboxylic acids is 1. The van der Waals surface area contributed by atoms with Crippen LogP contribution in [0.5, 0.6) is 0 Å². The van der Waals surface area contributed by atoms with Crippen molar-refractivity contribution in [3.05, 3.63) is 77.8 Å². The maximum atomic E-state index is 13.3. The smallest absolute Gasteiger partial charge is 0.290 e. The summed E-state index contributed by atoms with van der Waals surface area (Å²) in [4.78, 5) is 12.7. The first kappa shape index (κ1) is 20.0. The van der Waals surface area contributed by atoms with Crippen LogP contribution in [0.4, 0.5) is 10.1 Å². The standard InChI is InChI=1S/C22H24FNO4/c23-18-10-8-16(9-11-18)17-14-20(22(26)24-19-6-2-1-3-7-19)28-21(15-17)27-13-5-4-12-25/h1-3,6-11,14,17,21,25H,4-5,12-13,15H2,(H,24,26)/t17-,21+/m1/s1. The first-order chi connectivity index (χ1) is 13.7. The minimum absolute atomic E-state index is 0.109. The lowest BCUT2D eigenvalue weighted by Gasteiger charge is -2.29. The van der Waals surface area contributed by atoms with Gasteiger partial charge in [-0.2, -0.15) is 0 Å². The molecule has 2 aromatic carbocycles. The molecule has 2 N–H and O–H groups in total. The van der Waals surface area contributed by atoms with Crippen LogP contribution >= 0.6 is 0 Å². The molecule has 1 amide bonds. The highest BCUT2D eigenvalue weighted by atomic mass is 19.1. The van der Waals surface area contributed by atoms with Crippen molar-refractivity contribution < 1.29 is 23.8 Å². The lowest BCUT2D eigenvalue weighted by atomic mass is 9.93. The lowest BCUT2D eigenvalue weighted by Crippen LogP contribution is -2.29. The first-order valence-corrected chi connectivity index (χ1v) is 9.38. The van der Waals surface area contributed by atoms with Crippen molar-refractivity contribution >= 4 is 11.6 Å². The Hall–Kier alpha value is -2.70. The average molecular weight is 385 g/mol. The number of anilines is 1. The number of amides is 1. The van der Waals surface area contributed by atoms with Crippen LogP contribution in [-0.2, 0) is 14.3 Å². The van der Waals surface area contributed by atoms with Gasteiger partial charge in [-0.25, -0.2) is 4.39 Å². The predicted molar refractivity (Wildman–Crippen MR) is 104 cm³/mol. The van der Waals surface area contributed by atoms with Gasteiger partial charge in [0.25, 0.3) is 5.91 Å². The van der Waals surface area contributed by atoms with Gasteiger partial charge in [0.15, 0.2) is 5.76 Å². The molecule has 1 aliphatic heterocycles. The zero-order chi connectivity index (χ0) is 19.8. The highest BCUT2D eigenvalue weighted by Gasteiger charge is 2.28. The highest BCUT2D eigenvalue weighted by molar-refractivity contribution is 6.02. The molecule has 148 valence electrons. The first-order valence-electron chi connectivity index (χ1n) is 9.38. The van der Waals surface area contributed by atoms with Gasteiger partial charge in [-0.3, -0.25) is 4.79 Å². The molecule has 0 unspecified atom stereocenters. The Morgan fingerprint density at radius 2 is 1.89 bits per heavy atom. The second-order valence-corrected chi connectivity index (χ2v) is 6.59. The molecule has 3 rings (SSSR count). The van der Waals surface area contributed by atoms with Gasteiger partial charge in [0.05, 0.1) is 6.61 Å². The SMILES string of the molecule is O=C(Nc1ccccc1)C1=C[C@@H](c2ccc(F)cc2)C[C@@H](OCCCCO)O1. The zero-order valence-corrected chi connectivity index (χ0v) is 15.5. The van der Waals surface area contributed by atoms with E-state index in [4.69, 9.17) is 14.6 Å². The number of unbranched alkanes of at least 4 members (excludes halogenated alkanes) is 1. The number of para-hydroxylation sites is 1. The monoisotopic (exact) mass is 385 g/mol. The summed E-state index contributed by atoms with van der Waals surface area (Å²) in [5, 5.41) is 11.7. The van der Waals surface area contributed by atoms with Crippen molar-refractivity contribution in [3.8, 4) is 0 Å². The van der Waals surface area contributed by atoms with Crippen LogP contribution in [0.1, 0.15) is 30.7 Å². The van der Waals surface area contributed by atoms with Crippen LogP contribution < -0.4 is 5.32 Å². The largest absolute Gasteiger partial charge is 0.459 e. The third kappa shape index (κ3) is 5.65. The van der Waals surface area contributed by atoms with Crippen molar-refractivity contribution in [3.63, 3.8) is 0 Å². The minimum Gasteiger partial charge on any atom is -0.459 e. The summed E-state index contributed by atoms with van der Waals surface area (Å²) in [6, 6.07) is 15.3. The molecule has 0 spiro atoms. The fraction of sp³-hybridized carbons (Fsp3) is 0.318. The van der Waals surface area contributed by atoms with Crippen molar-refractivity contribution in [2.45, 2.75) is 31.5 Å². The maximum Gasteiger partial charge on any atom is 0.290 e. The second kappa shape index (κ2) is 10.0. The molecule has 0 saturated heterocycles. The van der Waals surface area contributed by atoms with Crippen LogP contribution in [-0.4, -0.2) is 30.5 Å². The number of ether oxygens (including phenoxy) is 2. The number of hydrogen-bond acceptors (Lipinski definition) is 4. The molecule has 1 aliphatic rings. The van der Waals surface area contributed by atoms with Gasteiger partial charge < -0.3 is 19.9 Å². The normalized spacial score (nSPS) is 18.9. The third-order valence-corrected chi connectivity index (χ3v) is 4.47. The summed E-state index contributed by atoms with van der Waals surface area (Å²) >= 11 is 0. The Morgan fingerprint density at radius 1 is 1.14 bits per heavy atom. The minimum atomic E-state index is -0.588. The summed E-state index contributed by atoms with van der Waals surface area (Å²) in [7, 11) is 0. The Balaban J connectivity index is 1.74. The van der Waals surface area contributed by atoms with Gasteiger partial charge in [-0.05, 0) is 48.7 Å². The van der Waals surface area contributed by atoms with Gasteiger partial charge in [-0.15, -0.1) is 0 Å². The molecule has 28 heavy (non-hydrogen) atoms. The molecule has 1 heterocycles. The summed E-state index contributed by atoms with van der Waals surface area (Å²) < 4.78 is 24.8. The predicted octanol–water partition coefficient (Wildman–Crippen LogP) is 3.97. The molecule has 0 saturated carbocycles. The van der Waals surface area contributed by atoms with Crippen LogP contribution in [0.25, 0.3) is 0 Å². The van der Waals surface area contributed by atoms with Crippen molar-refractivity contribution in [1.82, 2.24) is 0 Å². The topological polar surface area (TPSA) is 67.8 Å². The maximum absolute atomic E-state index is 13.3. The number of aliphatic hydroxyl groups excluding tert-OH is 1. The average Bonchev–Trinajstić information content (AvgIpc) is 2.72. The van der Waals surface area contributed by atoms with E-state index in [0.29, 0.717) is 31.6 Å². The molecule has 0 fully saturated rings. The quantitative estimate of drug-likeness (QED) is 0.675. The zero-order valence-electron chi connectivity index (χ0n) is 15.5. The molecular formula is C22H24FNO4. The molecule has 6 heteroatoms. The Bertz CT molecular complexity index is 792. The number of hydrogen-bond donors (Lipinski definition) is 2. The van der Waals surface area contributed by atoms with Crippen LogP contribution in [0.15, 0.2) is 66.4 Å². The molecule has 5 nitrogen and oxygen atoms in total.